The monoisotopic (exact) mass is 593 g/mol. The van der Waals surface area contributed by atoms with Crippen LogP contribution < -0.4 is 0 Å². The maximum absolute atomic E-state index is 9.59. The first kappa shape index (κ1) is 30.1. The molecule has 0 aliphatic heterocycles. The Balaban J connectivity index is -0.0000000408. The summed E-state index contributed by atoms with van der Waals surface area (Å²) in [6, 6.07) is 0. The summed E-state index contributed by atoms with van der Waals surface area (Å²) in [5.41, 5.74) is 0. The maximum Gasteiger partial charge on any atom is 0.642 e. The Morgan fingerprint density at radius 2 is 1.50 bits per heavy atom. The fourth-order valence-corrected chi connectivity index (χ4v) is 0.368. The second-order valence-electron chi connectivity index (χ2n) is 0.922. The average molecular weight is 591 g/mol. The van der Waals surface area contributed by atoms with Crippen LogP contribution in [0.4, 0.5) is 0 Å². The number of rotatable bonds is 2. The maximum atomic E-state index is 9.59. The Kier molecular flexibility index (Phi) is 39.3. The van der Waals surface area contributed by atoms with Crippen molar-refractivity contribution in [1.82, 2.24) is 0 Å². The molecule has 12 heavy (non-hydrogen) atoms. The van der Waals surface area contributed by atoms with E-state index in [2.05, 4.69) is 4.44 Å². The van der Waals surface area contributed by atoms with Crippen LogP contribution in [0, 0.1) is 89.3 Å². The molecular formula is H4BEuGdO6PVY. The molecule has 0 saturated heterocycles. The molecule has 12 heteroatoms. The molecule has 0 saturated carbocycles. The SMILES string of the molecule is O=P(O)(O)OB(O)O.[Eu].[Gd].[V].[Y]. The Labute approximate surface area is 180 Å². The van der Waals surface area contributed by atoms with Gasteiger partial charge in [-0.3, -0.25) is 4.44 Å². The zero-order valence-electron chi connectivity index (χ0n) is 5.39. The summed E-state index contributed by atoms with van der Waals surface area (Å²) >= 11 is 0. The van der Waals surface area contributed by atoms with E-state index in [1.807, 2.05) is 0 Å². The van der Waals surface area contributed by atoms with Gasteiger partial charge in [0.2, 0.25) is 0 Å². The summed E-state index contributed by atoms with van der Waals surface area (Å²) in [6.45, 7) is 0. The van der Waals surface area contributed by atoms with E-state index in [1.54, 1.807) is 0 Å². The molecule has 0 heterocycles. The summed E-state index contributed by atoms with van der Waals surface area (Å²) in [6.07, 6.45) is 0. The molecule has 0 atom stereocenters. The number of hydrogen-bond acceptors (Lipinski definition) is 4. The van der Waals surface area contributed by atoms with Crippen LogP contribution in [0.3, 0.4) is 0 Å². The van der Waals surface area contributed by atoms with E-state index in [0.717, 1.165) is 0 Å². The fourth-order valence-electron chi connectivity index (χ4n) is 0.123. The summed E-state index contributed by atoms with van der Waals surface area (Å²) in [5.74, 6) is 0. The molecule has 0 amide bonds. The molecule has 0 aromatic carbocycles. The van der Waals surface area contributed by atoms with E-state index in [9.17, 15) is 4.57 Å². The molecule has 3 radical (unpaired) electrons. The minimum absolute atomic E-state index is 0. The molecule has 71 valence electrons. The van der Waals surface area contributed by atoms with Gasteiger partial charge < -0.3 is 19.8 Å². The van der Waals surface area contributed by atoms with Crippen LogP contribution >= 0.6 is 7.82 Å². The van der Waals surface area contributed by atoms with Crippen molar-refractivity contribution in [2.75, 3.05) is 0 Å². The van der Waals surface area contributed by atoms with Gasteiger partial charge in [-0.15, -0.1) is 0 Å². The van der Waals surface area contributed by atoms with Gasteiger partial charge >= 0.3 is 15.1 Å². The van der Waals surface area contributed by atoms with Crippen LogP contribution in [-0.4, -0.2) is 27.2 Å². The standard InChI is InChI=1S/BH4O6P.Eu.Gd.V.Y/c2-1(3)7-8(4,5)6;;;;/h2-3H,(H2,4,5,6);;;;. The third-order valence-corrected chi connectivity index (χ3v) is 0.695. The number of phosphoric acid groups is 1. The average Bonchev–Trinajstić information content (AvgIpc) is 1.21. The van der Waals surface area contributed by atoms with Crippen molar-refractivity contribution in [2.45, 2.75) is 0 Å². The molecule has 0 fully saturated rings. The summed E-state index contributed by atoms with van der Waals surface area (Å²) in [4.78, 5) is 15.5. The number of hydrogen-bond donors (Lipinski definition) is 4. The van der Waals surface area contributed by atoms with Crippen LogP contribution in [-0.2, 0) is 60.3 Å². The molecule has 4 N–H and O–H groups in total. The van der Waals surface area contributed by atoms with Crippen LogP contribution in [0.25, 0.3) is 0 Å². The van der Waals surface area contributed by atoms with Crippen LogP contribution in [0.15, 0.2) is 0 Å². The van der Waals surface area contributed by atoms with Crippen LogP contribution in [0.5, 0.6) is 0 Å². The van der Waals surface area contributed by atoms with Gasteiger partial charge in [-0.25, -0.2) is 4.57 Å². The van der Waals surface area contributed by atoms with E-state index in [4.69, 9.17) is 19.8 Å². The van der Waals surface area contributed by atoms with Gasteiger partial charge in [-0.1, -0.05) is 0 Å². The van der Waals surface area contributed by atoms with Gasteiger partial charge in [0.15, 0.2) is 0 Å². The summed E-state index contributed by atoms with van der Waals surface area (Å²) in [7, 11) is -7.14. The van der Waals surface area contributed by atoms with Crippen molar-refractivity contribution in [1.29, 1.82) is 0 Å². The van der Waals surface area contributed by atoms with Gasteiger partial charge in [-0.2, -0.15) is 0 Å². The van der Waals surface area contributed by atoms with E-state index < -0.39 is 15.1 Å². The molecule has 0 aromatic heterocycles. The Bertz CT molecular complexity index is 120. The quantitative estimate of drug-likeness (QED) is 0.220. The van der Waals surface area contributed by atoms with Crippen molar-refractivity contribution in [3.8, 4) is 0 Å². The minimum atomic E-state index is -4.72. The van der Waals surface area contributed by atoms with E-state index >= 15 is 0 Å². The second kappa shape index (κ2) is 15.7. The second-order valence-corrected chi connectivity index (χ2v) is 2.11. The normalized spacial score (nSPS) is 7.67. The Morgan fingerprint density at radius 1 is 1.25 bits per heavy atom. The summed E-state index contributed by atoms with van der Waals surface area (Å²) in [5, 5.41) is 15.5. The van der Waals surface area contributed by atoms with Crippen LogP contribution in [0.2, 0.25) is 0 Å². The first-order valence-electron chi connectivity index (χ1n) is 1.52. The zero-order valence-corrected chi connectivity index (χ0v) is 15.2. The smallest absolute Gasteiger partial charge is 0.401 e. The predicted molar refractivity (Wildman–Crippen MR) is 23.3 cm³/mol. The van der Waals surface area contributed by atoms with Crippen molar-refractivity contribution < 1.29 is 169 Å². The molecule has 0 rings (SSSR count). The Morgan fingerprint density at radius 3 is 1.50 bits per heavy atom. The Hall–Kier alpha value is 4.69. The third-order valence-electron chi connectivity index (χ3n) is 0.232. The fraction of sp³-hybridized carbons (Fsp3) is 0. The van der Waals surface area contributed by atoms with Crippen molar-refractivity contribution in [2.24, 2.45) is 0 Å². The summed E-state index contributed by atoms with van der Waals surface area (Å²) < 4.78 is 12.8. The molecular weight excluding hydrogens is 587 g/mol. The zero-order chi connectivity index (χ0) is 6.78. The molecule has 0 aliphatic rings. The van der Waals surface area contributed by atoms with Crippen molar-refractivity contribution in [3.05, 3.63) is 0 Å². The van der Waals surface area contributed by atoms with Crippen molar-refractivity contribution >= 4 is 15.1 Å². The first-order valence-corrected chi connectivity index (χ1v) is 3.05. The molecule has 0 aliphatic carbocycles. The van der Waals surface area contributed by atoms with Gasteiger partial charge in [0.25, 0.3) is 0 Å². The predicted octanol–water partition coefficient (Wildman–Crippen LogP) is -1.94. The van der Waals surface area contributed by atoms with Gasteiger partial charge in [0.1, 0.15) is 0 Å². The van der Waals surface area contributed by atoms with Crippen molar-refractivity contribution in [3.63, 3.8) is 0 Å². The van der Waals surface area contributed by atoms with E-state index in [0.29, 0.717) is 0 Å². The molecule has 0 bridgehead atoms. The van der Waals surface area contributed by atoms with Gasteiger partial charge in [0.05, 0.1) is 0 Å². The van der Waals surface area contributed by atoms with E-state index in [1.165, 1.54) is 0 Å². The minimum Gasteiger partial charge on any atom is -0.401 e. The van der Waals surface area contributed by atoms with Gasteiger partial charge in [0, 0.05) is 141 Å². The molecule has 0 aromatic rings. The van der Waals surface area contributed by atoms with Gasteiger partial charge in [-0.05, 0) is 0 Å². The largest absolute Gasteiger partial charge is 0.642 e. The third kappa shape index (κ3) is 29.3. The molecule has 0 unspecified atom stereocenters. The topological polar surface area (TPSA) is 107 Å². The molecule has 6 nitrogen and oxygen atoms in total. The van der Waals surface area contributed by atoms with E-state index in [-0.39, 0.29) is 141 Å². The first-order chi connectivity index (χ1) is 3.42. The molecule has 0 spiro atoms. The van der Waals surface area contributed by atoms with Crippen LogP contribution in [0.1, 0.15) is 0 Å².